The van der Waals surface area contributed by atoms with Crippen LogP contribution in [0.2, 0.25) is 4.47 Å². The summed E-state index contributed by atoms with van der Waals surface area (Å²) >= 11 is 7.23. The van der Waals surface area contributed by atoms with Gasteiger partial charge in [-0.3, -0.25) is 9.69 Å². The molecule has 1 aromatic heterocycles. The normalized spacial score (nSPS) is 15.8. The molecule has 94 valence electrons. The van der Waals surface area contributed by atoms with E-state index in [9.17, 15) is 4.79 Å². The van der Waals surface area contributed by atoms with E-state index in [4.69, 9.17) is 11.6 Å². The zero-order valence-corrected chi connectivity index (χ0v) is 11.4. The molecule has 17 heavy (non-hydrogen) atoms. The lowest BCUT2D eigenvalue weighted by Crippen LogP contribution is -2.36. The van der Waals surface area contributed by atoms with E-state index >= 15 is 0 Å². The van der Waals surface area contributed by atoms with Crippen LogP contribution in [-0.2, 0) is 11.3 Å². The molecule has 0 bridgehead atoms. The van der Waals surface area contributed by atoms with Gasteiger partial charge in [0.2, 0.25) is 5.91 Å². The van der Waals surface area contributed by atoms with Gasteiger partial charge in [0.1, 0.15) is 0 Å². The van der Waals surface area contributed by atoms with Gasteiger partial charge in [-0.1, -0.05) is 11.6 Å². The van der Waals surface area contributed by atoms with Crippen LogP contribution in [0.25, 0.3) is 0 Å². The lowest BCUT2D eigenvalue weighted by molar-refractivity contribution is -0.131. The summed E-state index contributed by atoms with van der Waals surface area (Å²) in [5.74, 6) is 0.223. The number of nitrogens with zero attached hydrogens (tertiary/aromatic N) is 3. The predicted molar refractivity (Wildman–Crippen MR) is 69.3 cm³/mol. The second kappa shape index (κ2) is 5.80. The molecule has 2 rings (SSSR count). The van der Waals surface area contributed by atoms with E-state index < -0.39 is 0 Å². The third kappa shape index (κ3) is 3.66. The molecule has 1 saturated heterocycles. The molecule has 0 aliphatic carbocycles. The van der Waals surface area contributed by atoms with Gasteiger partial charge in [-0.25, -0.2) is 4.98 Å². The second-order valence-corrected chi connectivity index (χ2v) is 6.04. The molecule has 1 amide bonds. The van der Waals surface area contributed by atoms with Crippen LogP contribution in [-0.4, -0.2) is 47.4 Å². The smallest absolute Gasteiger partial charge is 0.236 e. The fourth-order valence-electron chi connectivity index (χ4n) is 1.98. The van der Waals surface area contributed by atoms with Gasteiger partial charge in [-0.05, 0) is 19.9 Å². The lowest BCUT2D eigenvalue weighted by atomic mass is 10.4. The number of carbonyl (C=O) groups is 1. The highest BCUT2D eigenvalue weighted by atomic mass is 35.5. The summed E-state index contributed by atoms with van der Waals surface area (Å²) in [7, 11) is 1.95. The van der Waals surface area contributed by atoms with E-state index in [1.165, 1.54) is 11.3 Å². The number of carbonyl (C=O) groups excluding carboxylic acids is 1. The summed E-state index contributed by atoms with van der Waals surface area (Å²) in [5.41, 5.74) is 0. The van der Waals surface area contributed by atoms with E-state index in [1.807, 2.05) is 16.8 Å². The highest BCUT2D eigenvalue weighted by Crippen LogP contribution is 2.19. The van der Waals surface area contributed by atoms with Crippen LogP contribution in [0.3, 0.4) is 0 Å². The number of amides is 1. The van der Waals surface area contributed by atoms with E-state index in [0.717, 1.165) is 37.4 Å². The Morgan fingerprint density at radius 1 is 1.59 bits per heavy atom. The van der Waals surface area contributed by atoms with Crippen molar-refractivity contribution in [1.29, 1.82) is 0 Å². The van der Waals surface area contributed by atoms with Crippen molar-refractivity contribution in [3.63, 3.8) is 0 Å². The highest BCUT2D eigenvalue weighted by molar-refractivity contribution is 7.15. The van der Waals surface area contributed by atoms with Crippen molar-refractivity contribution in [3.05, 3.63) is 15.5 Å². The minimum atomic E-state index is 0.223. The molecule has 6 heteroatoms. The molecule has 1 aliphatic rings. The van der Waals surface area contributed by atoms with Crippen LogP contribution < -0.4 is 0 Å². The second-order valence-electron chi connectivity index (χ2n) is 4.34. The number of hydrogen-bond acceptors (Lipinski definition) is 4. The molecular weight excluding hydrogens is 258 g/mol. The molecule has 0 atom stereocenters. The Hall–Kier alpha value is -0.650. The van der Waals surface area contributed by atoms with Crippen molar-refractivity contribution >= 4 is 28.8 Å². The van der Waals surface area contributed by atoms with Crippen molar-refractivity contribution in [2.45, 2.75) is 19.4 Å². The summed E-state index contributed by atoms with van der Waals surface area (Å²) in [4.78, 5) is 20.9. The number of rotatable bonds is 4. The number of halogens is 1. The molecule has 0 radical (unpaired) electrons. The Balaban J connectivity index is 1.80. The number of likely N-dealkylation sites (tertiary alicyclic amines) is 1. The monoisotopic (exact) mass is 273 g/mol. The minimum Gasteiger partial charge on any atom is -0.342 e. The summed E-state index contributed by atoms with van der Waals surface area (Å²) in [6, 6.07) is 0. The Morgan fingerprint density at radius 2 is 2.29 bits per heavy atom. The Morgan fingerprint density at radius 3 is 2.88 bits per heavy atom. The van der Waals surface area contributed by atoms with Gasteiger partial charge < -0.3 is 4.90 Å². The fraction of sp³-hybridized carbons (Fsp3) is 0.636. The first kappa shape index (κ1) is 12.8. The molecule has 0 spiro atoms. The van der Waals surface area contributed by atoms with Crippen molar-refractivity contribution < 1.29 is 4.79 Å². The Bertz CT molecular complexity index is 390. The largest absolute Gasteiger partial charge is 0.342 e. The summed E-state index contributed by atoms with van der Waals surface area (Å²) in [6.07, 6.45) is 4.05. The van der Waals surface area contributed by atoms with Crippen LogP contribution in [0.5, 0.6) is 0 Å². The minimum absolute atomic E-state index is 0.223. The molecule has 0 saturated carbocycles. The third-order valence-corrected chi connectivity index (χ3v) is 3.91. The van der Waals surface area contributed by atoms with Gasteiger partial charge in [0.15, 0.2) is 4.47 Å². The standard InChI is InChI=1S/C11H16ClN3OS/c1-14(7-9-6-13-11(12)17-9)8-10(16)15-4-2-3-5-15/h6H,2-5,7-8H2,1H3. The van der Waals surface area contributed by atoms with E-state index in [0.29, 0.717) is 11.0 Å². The molecule has 4 nitrogen and oxygen atoms in total. The molecule has 2 heterocycles. The number of aromatic nitrogens is 1. The van der Waals surface area contributed by atoms with Crippen LogP contribution in [0.15, 0.2) is 6.20 Å². The first-order valence-electron chi connectivity index (χ1n) is 5.71. The first-order valence-corrected chi connectivity index (χ1v) is 6.91. The molecule has 1 fully saturated rings. The topological polar surface area (TPSA) is 36.4 Å². The maximum absolute atomic E-state index is 11.9. The van der Waals surface area contributed by atoms with Crippen molar-refractivity contribution in [3.8, 4) is 0 Å². The van der Waals surface area contributed by atoms with Gasteiger partial charge in [0, 0.05) is 30.7 Å². The summed E-state index contributed by atoms with van der Waals surface area (Å²) < 4.78 is 0.555. The molecule has 0 unspecified atom stereocenters. The molecule has 0 aromatic carbocycles. The van der Waals surface area contributed by atoms with Gasteiger partial charge >= 0.3 is 0 Å². The van der Waals surface area contributed by atoms with Crippen molar-refractivity contribution in [2.75, 3.05) is 26.7 Å². The predicted octanol–water partition coefficient (Wildman–Crippen LogP) is 1.85. The number of thiazole rings is 1. The van der Waals surface area contributed by atoms with Crippen LogP contribution >= 0.6 is 22.9 Å². The highest BCUT2D eigenvalue weighted by Gasteiger charge is 2.19. The quantitative estimate of drug-likeness (QED) is 0.840. The zero-order chi connectivity index (χ0) is 12.3. The Labute approximate surface area is 110 Å². The van der Waals surface area contributed by atoms with Crippen molar-refractivity contribution in [2.24, 2.45) is 0 Å². The van der Waals surface area contributed by atoms with E-state index in [-0.39, 0.29) is 5.91 Å². The van der Waals surface area contributed by atoms with Crippen LogP contribution in [0.1, 0.15) is 17.7 Å². The van der Waals surface area contributed by atoms with Gasteiger partial charge in [-0.15, -0.1) is 11.3 Å². The summed E-state index contributed by atoms with van der Waals surface area (Å²) in [5, 5.41) is 0. The van der Waals surface area contributed by atoms with Gasteiger partial charge in [0.25, 0.3) is 0 Å². The maximum atomic E-state index is 11.9. The van der Waals surface area contributed by atoms with Crippen LogP contribution in [0.4, 0.5) is 0 Å². The Kier molecular flexibility index (Phi) is 4.36. The van der Waals surface area contributed by atoms with Crippen molar-refractivity contribution in [1.82, 2.24) is 14.8 Å². The van der Waals surface area contributed by atoms with Gasteiger partial charge in [0.05, 0.1) is 6.54 Å². The van der Waals surface area contributed by atoms with E-state index in [2.05, 4.69) is 4.98 Å². The fourth-order valence-corrected chi connectivity index (χ4v) is 3.03. The van der Waals surface area contributed by atoms with Gasteiger partial charge in [-0.2, -0.15) is 0 Å². The molecular formula is C11H16ClN3OS. The molecule has 1 aliphatic heterocycles. The lowest BCUT2D eigenvalue weighted by Gasteiger charge is -2.20. The third-order valence-electron chi connectivity index (χ3n) is 2.82. The van der Waals surface area contributed by atoms with Crippen LogP contribution in [0, 0.1) is 0 Å². The zero-order valence-electron chi connectivity index (χ0n) is 9.86. The number of hydrogen-bond donors (Lipinski definition) is 0. The SMILES string of the molecule is CN(CC(=O)N1CCCC1)Cc1cnc(Cl)s1. The first-order chi connectivity index (χ1) is 8.15. The molecule has 0 N–H and O–H groups in total. The van der Waals surface area contributed by atoms with E-state index in [1.54, 1.807) is 6.20 Å². The average Bonchev–Trinajstić information content (AvgIpc) is 2.89. The molecule has 1 aromatic rings. The average molecular weight is 274 g/mol. The number of likely N-dealkylation sites (N-methyl/N-ethyl adjacent to an activating group) is 1. The summed E-state index contributed by atoms with van der Waals surface area (Å²) in [6.45, 7) is 3.03. The maximum Gasteiger partial charge on any atom is 0.236 e.